The highest BCUT2D eigenvalue weighted by Crippen LogP contribution is 2.09. The highest BCUT2D eigenvalue weighted by Gasteiger charge is 2.02. The van der Waals surface area contributed by atoms with Crippen LogP contribution in [0.2, 0.25) is 0 Å². The number of aryl methyl sites for hydroxylation is 1. The summed E-state index contributed by atoms with van der Waals surface area (Å²) in [5, 5.41) is 4.29. The minimum absolute atomic E-state index is 0.552. The van der Waals surface area contributed by atoms with Gasteiger partial charge in [0, 0.05) is 6.54 Å². The van der Waals surface area contributed by atoms with Crippen molar-refractivity contribution in [1.29, 1.82) is 0 Å². The molecule has 0 aromatic carbocycles. The first-order chi connectivity index (χ1) is 5.27. The second-order valence-electron chi connectivity index (χ2n) is 2.32. The fraction of sp³-hybridized carbons (Fsp3) is 0.571. The third kappa shape index (κ3) is 2.33. The van der Waals surface area contributed by atoms with E-state index in [1.807, 2.05) is 10.7 Å². The van der Waals surface area contributed by atoms with Crippen LogP contribution in [0.25, 0.3) is 0 Å². The van der Waals surface area contributed by atoms with Gasteiger partial charge in [-0.1, -0.05) is 6.92 Å². The van der Waals surface area contributed by atoms with Crippen LogP contribution in [-0.2, 0) is 12.4 Å². The molecule has 0 amide bonds. The van der Waals surface area contributed by atoms with Crippen molar-refractivity contribution in [3.63, 3.8) is 0 Å². The summed E-state index contributed by atoms with van der Waals surface area (Å²) in [7, 11) is 0. The average molecular weight is 285 g/mol. The number of aromatic nitrogens is 2. The van der Waals surface area contributed by atoms with Gasteiger partial charge in [-0.05, 0) is 35.1 Å². The quantitative estimate of drug-likeness (QED) is 0.616. The summed E-state index contributed by atoms with van der Waals surface area (Å²) in [5.74, 6) is 0.552. The van der Waals surface area contributed by atoms with E-state index in [0.29, 0.717) is 5.88 Å². The third-order valence-corrected chi connectivity index (χ3v) is 2.21. The monoisotopic (exact) mass is 284 g/mol. The molecule has 1 heterocycles. The van der Waals surface area contributed by atoms with Crippen molar-refractivity contribution in [1.82, 2.24) is 9.78 Å². The number of hydrogen-bond donors (Lipinski definition) is 0. The molecule has 11 heavy (non-hydrogen) atoms. The molecule has 0 aliphatic heterocycles. The van der Waals surface area contributed by atoms with Crippen LogP contribution < -0.4 is 0 Å². The third-order valence-electron chi connectivity index (χ3n) is 1.41. The summed E-state index contributed by atoms with van der Waals surface area (Å²) >= 11 is 7.92. The van der Waals surface area contributed by atoms with Gasteiger partial charge in [-0.2, -0.15) is 5.10 Å². The topological polar surface area (TPSA) is 17.8 Å². The van der Waals surface area contributed by atoms with E-state index in [1.165, 1.54) is 0 Å². The Balaban J connectivity index is 2.83. The summed E-state index contributed by atoms with van der Waals surface area (Å²) in [4.78, 5) is 0. The van der Waals surface area contributed by atoms with Crippen LogP contribution in [0, 0.1) is 3.70 Å². The van der Waals surface area contributed by atoms with Crippen LogP contribution in [0.3, 0.4) is 0 Å². The van der Waals surface area contributed by atoms with Crippen LogP contribution in [-0.4, -0.2) is 9.78 Å². The fourth-order valence-electron chi connectivity index (χ4n) is 0.933. The molecule has 0 radical (unpaired) electrons. The van der Waals surface area contributed by atoms with E-state index in [9.17, 15) is 0 Å². The van der Waals surface area contributed by atoms with Crippen molar-refractivity contribution in [2.45, 2.75) is 25.8 Å². The number of hydrogen-bond acceptors (Lipinski definition) is 1. The van der Waals surface area contributed by atoms with Gasteiger partial charge in [-0.15, -0.1) is 11.6 Å². The van der Waals surface area contributed by atoms with Gasteiger partial charge in [0.25, 0.3) is 0 Å². The minimum Gasteiger partial charge on any atom is -0.267 e. The Labute approximate surface area is 85.1 Å². The van der Waals surface area contributed by atoms with Gasteiger partial charge in [-0.3, -0.25) is 4.68 Å². The lowest BCUT2D eigenvalue weighted by atomic mass is 10.4. The zero-order valence-electron chi connectivity index (χ0n) is 6.35. The number of alkyl halides is 1. The first kappa shape index (κ1) is 9.32. The van der Waals surface area contributed by atoms with Gasteiger partial charge in [-0.25, -0.2) is 0 Å². The molecule has 0 saturated carbocycles. The lowest BCUT2D eigenvalue weighted by Crippen LogP contribution is -2.02. The molecule has 1 rings (SSSR count). The smallest absolute Gasteiger partial charge is 0.123 e. The maximum atomic E-state index is 5.72. The molecule has 0 bridgehead atoms. The Bertz CT molecular complexity index is 234. The second kappa shape index (κ2) is 4.30. The SMILES string of the molecule is CCCn1nc(I)cc1CCl. The van der Waals surface area contributed by atoms with Gasteiger partial charge in [0.2, 0.25) is 0 Å². The van der Waals surface area contributed by atoms with E-state index in [4.69, 9.17) is 11.6 Å². The van der Waals surface area contributed by atoms with Crippen LogP contribution in [0.5, 0.6) is 0 Å². The van der Waals surface area contributed by atoms with Crippen LogP contribution in [0.15, 0.2) is 6.07 Å². The predicted octanol–water partition coefficient (Wildman–Crippen LogP) is 2.64. The molecule has 1 aromatic heterocycles. The van der Waals surface area contributed by atoms with Gasteiger partial charge in [0.15, 0.2) is 0 Å². The Hall–Kier alpha value is 0.230. The van der Waals surface area contributed by atoms with Gasteiger partial charge in [0.1, 0.15) is 3.70 Å². The average Bonchev–Trinajstić information content (AvgIpc) is 2.32. The van der Waals surface area contributed by atoms with E-state index in [1.54, 1.807) is 0 Å². The van der Waals surface area contributed by atoms with Crippen molar-refractivity contribution in [2.24, 2.45) is 0 Å². The summed E-state index contributed by atoms with van der Waals surface area (Å²) in [6.45, 7) is 3.09. The van der Waals surface area contributed by atoms with Gasteiger partial charge >= 0.3 is 0 Å². The maximum Gasteiger partial charge on any atom is 0.123 e. The number of nitrogens with zero attached hydrogens (tertiary/aromatic N) is 2. The summed E-state index contributed by atoms with van der Waals surface area (Å²) in [5.41, 5.74) is 1.11. The normalized spacial score (nSPS) is 10.5. The lowest BCUT2D eigenvalue weighted by Gasteiger charge is -2.00. The summed E-state index contributed by atoms with van der Waals surface area (Å²) < 4.78 is 2.99. The van der Waals surface area contributed by atoms with E-state index in [-0.39, 0.29) is 0 Å². The summed E-state index contributed by atoms with van der Waals surface area (Å²) in [6, 6.07) is 2.02. The Morgan fingerprint density at radius 3 is 3.00 bits per heavy atom. The molecule has 0 aliphatic carbocycles. The zero-order valence-corrected chi connectivity index (χ0v) is 9.26. The Morgan fingerprint density at radius 1 is 1.73 bits per heavy atom. The predicted molar refractivity (Wildman–Crippen MR) is 54.8 cm³/mol. The van der Waals surface area contributed by atoms with Crippen LogP contribution >= 0.6 is 34.2 Å². The summed E-state index contributed by atoms with van der Waals surface area (Å²) in [6.07, 6.45) is 1.10. The molecule has 0 N–H and O–H groups in total. The van der Waals surface area contributed by atoms with Crippen molar-refractivity contribution < 1.29 is 0 Å². The standard InChI is InChI=1S/C7H10ClIN2/c1-2-3-11-6(5-8)4-7(9)10-11/h4H,2-3,5H2,1H3. The van der Waals surface area contributed by atoms with E-state index in [2.05, 4.69) is 34.6 Å². The zero-order chi connectivity index (χ0) is 8.27. The molecule has 0 fully saturated rings. The van der Waals surface area contributed by atoms with Crippen LogP contribution in [0.1, 0.15) is 19.0 Å². The Morgan fingerprint density at radius 2 is 2.45 bits per heavy atom. The highest BCUT2D eigenvalue weighted by molar-refractivity contribution is 14.1. The lowest BCUT2D eigenvalue weighted by molar-refractivity contribution is 0.581. The van der Waals surface area contributed by atoms with Gasteiger partial charge in [0.05, 0.1) is 11.6 Å². The first-order valence-corrected chi connectivity index (χ1v) is 5.17. The molecule has 1 aromatic rings. The van der Waals surface area contributed by atoms with Crippen molar-refractivity contribution in [3.05, 3.63) is 15.5 Å². The maximum absolute atomic E-state index is 5.72. The number of halogens is 2. The van der Waals surface area contributed by atoms with Gasteiger partial charge < -0.3 is 0 Å². The Kier molecular flexibility index (Phi) is 3.65. The minimum atomic E-state index is 0.552. The molecule has 0 aliphatic rings. The second-order valence-corrected chi connectivity index (χ2v) is 3.69. The van der Waals surface area contributed by atoms with E-state index in [0.717, 1.165) is 22.4 Å². The highest BCUT2D eigenvalue weighted by atomic mass is 127. The molecular formula is C7H10ClIN2. The van der Waals surface area contributed by atoms with Crippen molar-refractivity contribution in [2.75, 3.05) is 0 Å². The molecule has 0 saturated heterocycles. The largest absolute Gasteiger partial charge is 0.267 e. The molecular weight excluding hydrogens is 274 g/mol. The van der Waals surface area contributed by atoms with Crippen molar-refractivity contribution in [3.8, 4) is 0 Å². The van der Waals surface area contributed by atoms with E-state index < -0.39 is 0 Å². The van der Waals surface area contributed by atoms with Crippen molar-refractivity contribution >= 4 is 34.2 Å². The number of rotatable bonds is 3. The molecule has 62 valence electrons. The molecule has 0 spiro atoms. The molecule has 4 heteroatoms. The van der Waals surface area contributed by atoms with E-state index >= 15 is 0 Å². The molecule has 0 unspecified atom stereocenters. The molecule has 0 atom stereocenters. The molecule has 2 nitrogen and oxygen atoms in total. The van der Waals surface area contributed by atoms with Crippen LogP contribution in [0.4, 0.5) is 0 Å². The first-order valence-electron chi connectivity index (χ1n) is 3.56. The fourth-order valence-corrected chi connectivity index (χ4v) is 1.77.